The Hall–Kier alpha value is -3.48. The van der Waals surface area contributed by atoms with Gasteiger partial charge >= 0.3 is 17.9 Å². The Labute approximate surface area is 333 Å². The maximum atomic E-state index is 13.3. The van der Waals surface area contributed by atoms with E-state index in [0.29, 0.717) is 31.3 Å². The Bertz CT molecular complexity index is 1600. The highest BCUT2D eigenvalue weighted by Gasteiger charge is 2.52. The number of aliphatic hydroxyl groups is 3. The van der Waals surface area contributed by atoms with Crippen molar-refractivity contribution in [2.45, 2.75) is 138 Å². The average Bonchev–Trinajstić information content (AvgIpc) is 3.46. The summed E-state index contributed by atoms with van der Waals surface area (Å²) in [6, 6.07) is 0. The van der Waals surface area contributed by atoms with Crippen molar-refractivity contribution < 1.29 is 53.4 Å². The summed E-state index contributed by atoms with van der Waals surface area (Å²) in [5.41, 5.74) is 2.58. The number of Topliss-reactive ketones (excluding diaryl/α,β-unsaturated/α-hetero) is 1. The fraction of sp³-hybridized carbons (Fsp3) is 0.644. The van der Waals surface area contributed by atoms with Crippen LogP contribution in [0.5, 0.6) is 0 Å². The second-order valence-corrected chi connectivity index (χ2v) is 16.8. The quantitative estimate of drug-likeness (QED) is 0.130. The number of hydrogen-bond acceptors (Lipinski definition) is 11. The molecule has 11 nitrogen and oxygen atoms in total. The highest BCUT2D eigenvalue weighted by atomic mass is 16.6. The fourth-order valence-corrected chi connectivity index (χ4v) is 8.41. The Kier molecular flexibility index (Phi) is 17.4. The largest absolute Gasteiger partial charge is 0.459 e. The minimum absolute atomic E-state index is 0.000102. The lowest BCUT2D eigenvalue weighted by Crippen LogP contribution is -2.59. The number of carbonyl (C=O) groups excluding carboxylic acids is 4. The molecule has 0 amide bonds. The number of cyclic esters (lactones) is 2. The molecule has 0 aromatic rings. The molecule has 56 heavy (non-hydrogen) atoms. The van der Waals surface area contributed by atoms with Gasteiger partial charge in [0.1, 0.15) is 6.10 Å². The number of aliphatic hydroxyl groups excluding tert-OH is 2. The minimum atomic E-state index is -1.89. The van der Waals surface area contributed by atoms with E-state index < -0.39 is 66.1 Å². The van der Waals surface area contributed by atoms with Crippen LogP contribution in [0.3, 0.4) is 0 Å². The Morgan fingerprint density at radius 2 is 1.73 bits per heavy atom. The van der Waals surface area contributed by atoms with E-state index in [0.717, 1.165) is 29.4 Å². The van der Waals surface area contributed by atoms with E-state index in [2.05, 4.69) is 4.74 Å². The van der Waals surface area contributed by atoms with Gasteiger partial charge in [0, 0.05) is 49.9 Å². The van der Waals surface area contributed by atoms with Gasteiger partial charge in [-0.2, -0.15) is 0 Å². The van der Waals surface area contributed by atoms with Crippen LogP contribution in [0.15, 0.2) is 70.9 Å². The van der Waals surface area contributed by atoms with Crippen LogP contribution >= 0.6 is 0 Å². The lowest BCUT2D eigenvalue weighted by Gasteiger charge is -2.50. The Morgan fingerprint density at radius 1 is 1.05 bits per heavy atom. The van der Waals surface area contributed by atoms with Gasteiger partial charge in [0.25, 0.3) is 0 Å². The number of rotatable bonds is 9. The van der Waals surface area contributed by atoms with Gasteiger partial charge in [-0.05, 0) is 75.4 Å². The van der Waals surface area contributed by atoms with E-state index in [1.807, 2.05) is 92.7 Å². The molecule has 0 unspecified atom stereocenters. The summed E-state index contributed by atoms with van der Waals surface area (Å²) in [4.78, 5) is 49.5. The Balaban J connectivity index is 1.90. The summed E-state index contributed by atoms with van der Waals surface area (Å²) in [5.74, 6) is -6.36. The SMILES string of the molecule is CO[C@H]1/C=C/C=C(\C)C[C@H](C)[C@H](O)[C@H](C)/C=C(C)/C=C(\C)C(=O)CCC[C@@H]1[C@H](C)[C@@H](O)[C@H](C)[C@@]1(O)C[C@@H](OC(=O)/C=C/C2=CC(=O)OC2=O)[C@H](C)[C@@H](C(C)C)O1. The third kappa shape index (κ3) is 12.5. The number of esters is 3. The molecule has 2 aliphatic heterocycles. The molecule has 0 radical (unpaired) electrons. The standard InChI is InChI=1S/C45H66O11/c1-25(2)43-32(9)38(54-39(47)19-18-34-23-40(48)55-44(34)51)24-45(52,56-43)33(10)42(50)31(8)35-15-13-16-36(46)28(5)21-27(4)22-30(7)41(49)29(6)20-26(3)14-12-17-37(35)53-11/h12,14,17-19,21-23,25,29-33,35,37-38,41-43,49-50,52H,13,15-16,20,24H2,1-11H3/b17-12+,19-18+,26-14+,27-22+,28-21+/t29-,30+,31-,32-,33-,35+,37-,38+,41-,42+,43+,45+/m0/s1. The van der Waals surface area contributed by atoms with E-state index in [1.54, 1.807) is 14.0 Å². The predicted octanol–water partition coefficient (Wildman–Crippen LogP) is 6.67. The van der Waals surface area contributed by atoms with Crippen molar-refractivity contribution >= 4 is 23.7 Å². The lowest BCUT2D eigenvalue weighted by molar-refractivity contribution is -0.328. The van der Waals surface area contributed by atoms with Gasteiger partial charge in [-0.15, -0.1) is 0 Å². The smallest absolute Gasteiger partial charge is 0.346 e. The van der Waals surface area contributed by atoms with Crippen LogP contribution in [0.25, 0.3) is 0 Å². The van der Waals surface area contributed by atoms with E-state index in [1.165, 1.54) is 0 Å². The second kappa shape index (κ2) is 20.8. The van der Waals surface area contributed by atoms with Gasteiger partial charge in [-0.1, -0.05) is 90.0 Å². The van der Waals surface area contributed by atoms with Crippen molar-refractivity contribution in [1.29, 1.82) is 0 Å². The molecule has 0 aromatic carbocycles. The molecule has 0 spiro atoms. The zero-order valence-electron chi connectivity index (χ0n) is 35.2. The topological polar surface area (TPSA) is 166 Å². The molecular formula is C45H66O11. The molecule has 1 aliphatic carbocycles. The third-order valence-corrected chi connectivity index (χ3v) is 11.9. The van der Waals surface area contributed by atoms with Crippen LogP contribution < -0.4 is 0 Å². The molecular weight excluding hydrogens is 716 g/mol. The van der Waals surface area contributed by atoms with Gasteiger partial charge in [0.15, 0.2) is 11.6 Å². The van der Waals surface area contributed by atoms with E-state index in [9.17, 15) is 34.5 Å². The van der Waals surface area contributed by atoms with Gasteiger partial charge in [0.05, 0.1) is 30.0 Å². The monoisotopic (exact) mass is 782 g/mol. The molecule has 0 aromatic heterocycles. The molecule has 3 N–H and O–H groups in total. The average molecular weight is 783 g/mol. The number of allylic oxidation sites excluding steroid dienone is 6. The second-order valence-electron chi connectivity index (χ2n) is 16.8. The van der Waals surface area contributed by atoms with Gasteiger partial charge in [-0.3, -0.25) is 4.79 Å². The maximum Gasteiger partial charge on any atom is 0.346 e. The number of hydrogen-bond donors (Lipinski definition) is 3. The van der Waals surface area contributed by atoms with Crippen LogP contribution in [0.1, 0.15) is 101 Å². The predicted molar refractivity (Wildman–Crippen MR) is 213 cm³/mol. The van der Waals surface area contributed by atoms with Crippen molar-refractivity contribution in [2.24, 2.45) is 41.4 Å². The zero-order valence-corrected chi connectivity index (χ0v) is 35.2. The van der Waals surface area contributed by atoms with Crippen LogP contribution in [0.4, 0.5) is 0 Å². The molecule has 1 fully saturated rings. The van der Waals surface area contributed by atoms with E-state index in [4.69, 9.17) is 14.2 Å². The van der Waals surface area contributed by atoms with Gasteiger partial charge in [0.2, 0.25) is 0 Å². The molecule has 2 heterocycles. The normalized spacial score (nSPS) is 36.8. The molecule has 1 saturated heterocycles. The summed E-state index contributed by atoms with van der Waals surface area (Å²) < 4.78 is 22.7. The molecule has 12 atom stereocenters. The minimum Gasteiger partial charge on any atom is -0.459 e. The first-order valence-electron chi connectivity index (χ1n) is 20.1. The molecule has 0 saturated carbocycles. The summed E-state index contributed by atoms with van der Waals surface area (Å²) in [6.45, 7) is 19.2. The summed E-state index contributed by atoms with van der Waals surface area (Å²) >= 11 is 0. The van der Waals surface area contributed by atoms with Crippen LogP contribution in [0, 0.1) is 41.4 Å². The van der Waals surface area contributed by atoms with Gasteiger partial charge < -0.3 is 34.3 Å². The molecule has 312 valence electrons. The summed E-state index contributed by atoms with van der Waals surface area (Å²) in [6.07, 6.45) is 11.5. The lowest BCUT2D eigenvalue weighted by atomic mass is 9.73. The van der Waals surface area contributed by atoms with Crippen LogP contribution in [-0.2, 0) is 38.1 Å². The Morgan fingerprint density at radius 3 is 2.34 bits per heavy atom. The highest BCUT2D eigenvalue weighted by Crippen LogP contribution is 2.43. The first kappa shape index (κ1) is 46.9. The molecule has 3 rings (SSSR count). The van der Waals surface area contributed by atoms with Crippen molar-refractivity contribution in [2.75, 3.05) is 7.11 Å². The summed E-state index contributed by atoms with van der Waals surface area (Å²) in [7, 11) is 1.61. The van der Waals surface area contributed by atoms with Gasteiger partial charge in [-0.25, -0.2) is 14.4 Å². The zero-order chi connectivity index (χ0) is 42.1. The number of methoxy groups -OCH3 is 1. The fourth-order valence-electron chi connectivity index (χ4n) is 8.41. The van der Waals surface area contributed by atoms with Crippen LogP contribution in [-0.4, -0.2) is 82.4 Å². The molecule has 3 aliphatic rings. The number of carbonyl (C=O) groups is 4. The van der Waals surface area contributed by atoms with Crippen molar-refractivity contribution in [3.05, 3.63) is 70.9 Å². The number of ketones is 1. The first-order chi connectivity index (χ1) is 26.2. The maximum absolute atomic E-state index is 13.3. The van der Waals surface area contributed by atoms with Crippen LogP contribution in [0.2, 0.25) is 0 Å². The third-order valence-electron chi connectivity index (χ3n) is 11.9. The highest BCUT2D eigenvalue weighted by molar-refractivity contribution is 6.11. The number of ether oxygens (including phenoxy) is 4. The van der Waals surface area contributed by atoms with E-state index >= 15 is 0 Å². The molecule has 0 bridgehead atoms. The van der Waals surface area contributed by atoms with Crippen molar-refractivity contribution in [1.82, 2.24) is 0 Å². The van der Waals surface area contributed by atoms with Crippen molar-refractivity contribution in [3.63, 3.8) is 0 Å². The first-order valence-corrected chi connectivity index (χ1v) is 20.1. The van der Waals surface area contributed by atoms with Crippen molar-refractivity contribution in [3.8, 4) is 0 Å². The molecule has 11 heteroatoms. The van der Waals surface area contributed by atoms with E-state index in [-0.39, 0.29) is 47.4 Å². The summed E-state index contributed by atoms with van der Waals surface area (Å²) in [5, 5.41) is 35.4.